The molecular formula is C31H51ClN3O4Si. The van der Waals surface area contributed by atoms with Crippen LogP contribution in [0.25, 0.3) is 0 Å². The van der Waals surface area contributed by atoms with Crippen molar-refractivity contribution < 1.29 is 19.1 Å². The summed E-state index contributed by atoms with van der Waals surface area (Å²) in [7, 11) is -1.24. The number of carbonyl (C=O) groups is 2. The SMILES string of the molecule is [CH2]COC(c1cccc(Cl)c1)[C@@H]1CCCN(C(=O)N[C@H](CNCC(=O)OCC[Si](C)(C)C)CC2CCCCC2)C1. The van der Waals surface area contributed by atoms with Crippen molar-refractivity contribution in [3.05, 3.63) is 41.8 Å². The minimum Gasteiger partial charge on any atom is -0.465 e. The molecule has 2 aliphatic rings. The van der Waals surface area contributed by atoms with Crippen molar-refractivity contribution in [3.63, 3.8) is 0 Å². The quantitative estimate of drug-likeness (QED) is 0.191. The predicted octanol–water partition coefficient (Wildman–Crippen LogP) is 6.46. The first kappa shape index (κ1) is 32.9. The molecule has 1 aliphatic carbocycles. The lowest BCUT2D eigenvalue weighted by Crippen LogP contribution is -2.52. The number of ether oxygens (including phenoxy) is 2. The molecule has 9 heteroatoms. The summed E-state index contributed by atoms with van der Waals surface area (Å²) in [5.74, 6) is 0.550. The fourth-order valence-corrected chi connectivity index (χ4v) is 6.82. The standard InChI is InChI=1S/C31H51ClN3O4Si/c1-5-38-30(25-13-9-15-27(32)20-25)26-14-10-16-35(23-26)31(37)34-28(19-24-11-7-6-8-12-24)21-33-22-29(36)39-17-18-40(2,3)4/h9,13,15,20,24,26,28,30,33H,1,5-8,10-12,14,16-19,21-23H2,2-4H3,(H,34,37)/t26-,28+,30?/m1/s1. The minimum absolute atomic E-state index is 0.0365. The zero-order valence-electron chi connectivity index (χ0n) is 24.9. The summed E-state index contributed by atoms with van der Waals surface area (Å²) in [4.78, 5) is 27.7. The van der Waals surface area contributed by atoms with Crippen molar-refractivity contribution in [2.24, 2.45) is 11.8 Å². The van der Waals surface area contributed by atoms with E-state index in [9.17, 15) is 9.59 Å². The number of nitrogens with zero attached hydrogens (tertiary/aromatic N) is 1. The van der Waals surface area contributed by atoms with E-state index in [2.05, 4.69) is 37.2 Å². The molecular weight excluding hydrogens is 542 g/mol. The molecule has 3 atom stereocenters. The molecule has 0 bridgehead atoms. The Morgan fingerprint density at radius 1 is 1.15 bits per heavy atom. The highest BCUT2D eigenvalue weighted by molar-refractivity contribution is 6.76. The summed E-state index contributed by atoms with van der Waals surface area (Å²) >= 11 is 6.27. The van der Waals surface area contributed by atoms with E-state index in [-0.39, 0.29) is 36.6 Å². The van der Waals surface area contributed by atoms with Crippen LogP contribution in [0.3, 0.4) is 0 Å². The lowest BCUT2D eigenvalue weighted by Gasteiger charge is -2.38. The third-order valence-electron chi connectivity index (χ3n) is 8.09. The maximum atomic E-state index is 13.5. The van der Waals surface area contributed by atoms with Gasteiger partial charge in [0.25, 0.3) is 0 Å². The van der Waals surface area contributed by atoms with Gasteiger partial charge in [-0.3, -0.25) is 4.79 Å². The maximum absolute atomic E-state index is 13.5. The highest BCUT2D eigenvalue weighted by Crippen LogP contribution is 2.34. The van der Waals surface area contributed by atoms with Gasteiger partial charge < -0.3 is 25.0 Å². The van der Waals surface area contributed by atoms with Gasteiger partial charge in [0.2, 0.25) is 0 Å². The zero-order valence-corrected chi connectivity index (χ0v) is 26.6. The topological polar surface area (TPSA) is 79.9 Å². The molecule has 225 valence electrons. The Labute approximate surface area is 248 Å². The second-order valence-electron chi connectivity index (χ2n) is 12.7. The largest absolute Gasteiger partial charge is 0.465 e. The fourth-order valence-electron chi connectivity index (χ4n) is 5.91. The fraction of sp³-hybridized carbons (Fsp3) is 0.710. The van der Waals surface area contributed by atoms with Crippen LogP contribution in [0, 0.1) is 18.8 Å². The molecule has 1 aromatic rings. The molecule has 2 fully saturated rings. The van der Waals surface area contributed by atoms with Gasteiger partial charge >= 0.3 is 12.0 Å². The monoisotopic (exact) mass is 592 g/mol. The lowest BCUT2D eigenvalue weighted by atomic mass is 9.84. The molecule has 1 unspecified atom stereocenters. The number of rotatable bonds is 14. The Bertz CT molecular complexity index is 922. The van der Waals surface area contributed by atoms with Gasteiger partial charge in [-0.1, -0.05) is 75.5 Å². The predicted molar refractivity (Wildman–Crippen MR) is 165 cm³/mol. The van der Waals surface area contributed by atoms with Crippen LogP contribution >= 0.6 is 11.6 Å². The number of hydrogen-bond donors (Lipinski definition) is 2. The number of halogens is 1. The third kappa shape index (κ3) is 11.7. The molecule has 1 heterocycles. The highest BCUT2D eigenvalue weighted by Gasteiger charge is 2.32. The Morgan fingerprint density at radius 2 is 1.93 bits per heavy atom. The van der Waals surface area contributed by atoms with Crippen molar-refractivity contribution in [1.82, 2.24) is 15.5 Å². The number of carbonyl (C=O) groups excluding carboxylic acids is 2. The number of benzene rings is 1. The first-order valence-electron chi connectivity index (χ1n) is 15.2. The molecule has 7 nitrogen and oxygen atoms in total. The van der Waals surface area contributed by atoms with Crippen LogP contribution in [0.2, 0.25) is 30.7 Å². The normalized spacial score (nSPS) is 20.1. The van der Waals surface area contributed by atoms with E-state index in [1.54, 1.807) is 0 Å². The van der Waals surface area contributed by atoms with Crippen molar-refractivity contribution in [1.29, 1.82) is 0 Å². The Kier molecular flexibility index (Phi) is 13.8. The summed E-state index contributed by atoms with van der Waals surface area (Å²) in [5.41, 5.74) is 1.03. The van der Waals surface area contributed by atoms with Gasteiger partial charge in [-0.2, -0.15) is 0 Å². The number of amides is 2. The van der Waals surface area contributed by atoms with Crippen LogP contribution in [0.15, 0.2) is 24.3 Å². The molecule has 1 aromatic carbocycles. The zero-order chi connectivity index (χ0) is 29.0. The molecule has 1 saturated carbocycles. The average molecular weight is 593 g/mol. The number of hydrogen-bond acceptors (Lipinski definition) is 5. The van der Waals surface area contributed by atoms with Crippen LogP contribution in [-0.4, -0.2) is 70.4 Å². The molecule has 1 radical (unpaired) electrons. The Hall–Kier alpha value is -1.61. The Balaban J connectivity index is 1.57. The molecule has 1 aliphatic heterocycles. The number of piperidine rings is 1. The minimum atomic E-state index is -1.24. The second kappa shape index (κ2) is 16.7. The number of likely N-dealkylation sites (tertiary alicyclic amines) is 1. The second-order valence-corrected chi connectivity index (χ2v) is 18.8. The number of esters is 1. The lowest BCUT2D eigenvalue weighted by molar-refractivity contribution is -0.142. The van der Waals surface area contributed by atoms with E-state index in [1.165, 1.54) is 32.1 Å². The average Bonchev–Trinajstić information content (AvgIpc) is 2.91. The first-order valence-corrected chi connectivity index (χ1v) is 19.3. The van der Waals surface area contributed by atoms with Crippen LogP contribution in [0.1, 0.15) is 63.0 Å². The summed E-state index contributed by atoms with van der Waals surface area (Å²) in [5, 5.41) is 7.26. The van der Waals surface area contributed by atoms with Gasteiger partial charge in [-0.05, 0) is 55.8 Å². The van der Waals surface area contributed by atoms with Crippen LogP contribution in [0.4, 0.5) is 4.79 Å². The van der Waals surface area contributed by atoms with Gasteiger partial charge in [-0.15, -0.1) is 0 Å². The smallest absolute Gasteiger partial charge is 0.319 e. The van der Waals surface area contributed by atoms with E-state index in [4.69, 9.17) is 21.1 Å². The summed E-state index contributed by atoms with van der Waals surface area (Å²) < 4.78 is 11.5. The van der Waals surface area contributed by atoms with Crippen molar-refractivity contribution in [2.75, 3.05) is 39.4 Å². The van der Waals surface area contributed by atoms with E-state index < -0.39 is 8.07 Å². The first-order chi connectivity index (χ1) is 19.1. The highest BCUT2D eigenvalue weighted by atomic mass is 35.5. The van der Waals surface area contributed by atoms with Crippen LogP contribution in [0.5, 0.6) is 0 Å². The molecule has 1 saturated heterocycles. The summed E-state index contributed by atoms with van der Waals surface area (Å²) in [6.07, 6.45) is 8.90. The van der Waals surface area contributed by atoms with Gasteiger partial charge in [0.15, 0.2) is 0 Å². The van der Waals surface area contributed by atoms with Crippen LogP contribution < -0.4 is 10.6 Å². The molecule has 0 spiro atoms. The molecule has 2 amide bonds. The van der Waals surface area contributed by atoms with Crippen molar-refractivity contribution in [2.45, 2.75) is 89.2 Å². The molecule has 40 heavy (non-hydrogen) atoms. The van der Waals surface area contributed by atoms with E-state index in [0.717, 1.165) is 37.4 Å². The van der Waals surface area contributed by atoms with Gasteiger partial charge in [0, 0.05) is 51.3 Å². The number of nitrogens with one attached hydrogen (secondary N) is 2. The van der Waals surface area contributed by atoms with E-state index >= 15 is 0 Å². The number of urea groups is 1. The third-order valence-corrected chi connectivity index (χ3v) is 10.0. The molecule has 0 aromatic heterocycles. The Morgan fingerprint density at radius 3 is 2.62 bits per heavy atom. The van der Waals surface area contributed by atoms with Gasteiger partial charge in [0.05, 0.1) is 19.3 Å². The van der Waals surface area contributed by atoms with E-state index in [1.807, 2.05) is 29.2 Å². The maximum Gasteiger partial charge on any atom is 0.319 e. The van der Waals surface area contributed by atoms with Crippen molar-refractivity contribution in [3.8, 4) is 0 Å². The van der Waals surface area contributed by atoms with Crippen LogP contribution in [-0.2, 0) is 14.3 Å². The molecule has 2 N–H and O–H groups in total. The summed E-state index contributed by atoms with van der Waals surface area (Å²) in [6, 6.07) is 8.68. The van der Waals surface area contributed by atoms with Crippen molar-refractivity contribution >= 4 is 31.7 Å². The molecule has 3 rings (SSSR count). The van der Waals surface area contributed by atoms with E-state index in [0.29, 0.717) is 37.2 Å². The van der Waals surface area contributed by atoms with Gasteiger partial charge in [-0.25, -0.2) is 4.79 Å². The summed E-state index contributed by atoms with van der Waals surface area (Å²) in [6.45, 7) is 13.6. The van der Waals surface area contributed by atoms with Gasteiger partial charge in [0.1, 0.15) is 0 Å².